The van der Waals surface area contributed by atoms with E-state index in [1.807, 2.05) is 12.3 Å². The van der Waals surface area contributed by atoms with E-state index in [1.54, 1.807) is 6.33 Å². The molecular weight excluding hydrogens is 198 g/mol. The molecule has 2 rings (SSSR count). The minimum atomic E-state index is 0.393. The van der Waals surface area contributed by atoms with Gasteiger partial charge in [-0.25, -0.2) is 4.98 Å². The monoisotopic (exact) mass is 215 g/mol. The maximum atomic E-state index is 3.99. The summed E-state index contributed by atoms with van der Waals surface area (Å²) >= 11 is 0. The third-order valence-corrected chi connectivity index (χ3v) is 2.70. The zero-order valence-electron chi connectivity index (χ0n) is 9.48. The smallest absolute Gasteiger partial charge is 0.0921 e. The number of hydrogen-bond acceptors (Lipinski definition) is 2. The largest absolute Gasteiger partial charge is 0.348 e. The van der Waals surface area contributed by atoms with E-state index >= 15 is 0 Å². The van der Waals surface area contributed by atoms with Gasteiger partial charge in [0.25, 0.3) is 0 Å². The first-order chi connectivity index (χ1) is 7.86. The fraction of sp³-hybridized carbons (Fsp3) is 0.308. The summed E-state index contributed by atoms with van der Waals surface area (Å²) in [6.45, 7) is 3.14. The predicted octanol–water partition coefficient (Wildman–Crippen LogP) is 2.30. The Morgan fingerprint density at radius 3 is 2.81 bits per heavy atom. The molecular formula is C13H17N3. The molecule has 0 saturated carbocycles. The van der Waals surface area contributed by atoms with E-state index in [-0.39, 0.29) is 0 Å². The minimum Gasteiger partial charge on any atom is -0.348 e. The van der Waals surface area contributed by atoms with Crippen LogP contribution in [0.2, 0.25) is 0 Å². The first-order valence-corrected chi connectivity index (χ1v) is 5.62. The van der Waals surface area contributed by atoms with E-state index < -0.39 is 0 Å². The molecule has 2 aromatic rings. The Labute approximate surface area is 95.9 Å². The Kier molecular flexibility index (Phi) is 3.72. The quantitative estimate of drug-likeness (QED) is 0.803. The van der Waals surface area contributed by atoms with Crippen molar-refractivity contribution in [2.75, 3.05) is 6.54 Å². The van der Waals surface area contributed by atoms with Gasteiger partial charge in [-0.3, -0.25) is 0 Å². The average molecular weight is 215 g/mol. The number of nitrogens with zero attached hydrogens (tertiary/aromatic N) is 1. The third kappa shape index (κ3) is 2.94. The van der Waals surface area contributed by atoms with Gasteiger partial charge < -0.3 is 10.3 Å². The Morgan fingerprint density at radius 1 is 1.31 bits per heavy atom. The molecule has 0 radical (unpaired) electrons. The lowest BCUT2D eigenvalue weighted by molar-refractivity contribution is 0.574. The van der Waals surface area contributed by atoms with E-state index in [2.05, 4.69) is 46.5 Å². The minimum absolute atomic E-state index is 0.393. The molecule has 1 aromatic heterocycles. The van der Waals surface area contributed by atoms with Crippen molar-refractivity contribution in [1.29, 1.82) is 0 Å². The molecule has 0 aliphatic heterocycles. The molecule has 1 atom stereocenters. The number of aromatic amines is 1. The van der Waals surface area contributed by atoms with Gasteiger partial charge in [0.2, 0.25) is 0 Å². The van der Waals surface area contributed by atoms with Crippen LogP contribution in [-0.2, 0) is 6.42 Å². The molecule has 16 heavy (non-hydrogen) atoms. The third-order valence-electron chi connectivity index (χ3n) is 2.70. The van der Waals surface area contributed by atoms with Crippen LogP contribution in [-0.4, -0.2) is 16.5 Å². The molecule has 0 spiro atoms. The van der Waals surface area contributed by atoms with E-state index in [1.165, 1.54) is 11.3 Å². The maximum absolute atomic E-state index is 3.99. The summed E-state index contributed by atoms with van der Waals surface area (Å²) in [5.74, 6) is 0. The summed E-state index contributed by atoms with van der Waals surface area (Å²) in [5.41, 5.74) is 2.50. The predicted molar refractivity (Wildman–Crippen MR) is 65.2 cm³/mol. The highest BCUT2D eigenvalue weighted by atomic mass is 14.9. The standard InChI is InChI=1S/C13H17N3/c1-11(12-5-3-2-4-6-12)15-8-7-13-9-14-10-16-13/h2-6,9-11,15H,7-8H2,1H3,(H,14,16). The number of rotatable bonds is 5. The second kappa shape index (κ2) is 5.47. The molecule has 0 saturated heterocycles. The molecule has 84 valence electrons. The fourth-order valence-corrected chi connectivity index (χ4v) is 1.70. The summed E-state index contributed by atoms with van der Waals surface area (Å²) in [5, 5.41) is 3.49. The highest BCUT2D eigenvalue weighted by Crippen LogP contribution is 2.10. The van der Waals surface area contributed by atoms with Crippen molar-refractivity contribution in [2.45, 2.75) is 19.4 Å². The van der Waals surface area contributed by atoms with E-state index in [0.29, 0.717) is 6.04 Å². The molecule has 0 aliphatic carbocycles. The van der Waals surface area contributed by atoms with Gasteiger partial charge in [-0.05, 0) is 12.5 Å². The van der Waals surface area contributed by atoms with Gasteiger partial charge >= 0.3 is 0 Å². The van der Waals surface area contributed by atoms with Gasteiger partial charge in [-0.2, -0.15) is 0 Å². The lowest BCUT2D eigenvalue weighted by atomic mass is 10.1. The van der Waals surface area contributed by atoms with Crippen LogP contribution in [0.25, 0.3) is 0 Å². The summed E-state index contributed by atoms with van der Waals surface area (Å²) in [7, 11) is 0. The molecule has 1 unspecified atom stereocenters. The fourth-order valence-electron chi connectivity index (χ4n) is 1.70. The molecule has 0 aliphatic rings. The number of nitrogens with one attached hydrogen (secondary N) is 2. The second-order valence-electron chi connectivity index (χ2n) is 3.91. The lowest BCUT2D eigenvalue weighted by Gasteiger charge is -2.13. The van der Waals surface area contributed by atoms with Crippen molar-refractivity contribution in [3.63, 3.8) is 0 Å². The van der Waals surface area contributed by atoms with Gasteiger partial charge in [-0.15, -0.1) is 0 Å². The average Bonchev–Trinajstić information content (AvgIpc) is 2.83. The summed E-state index contributed by atoms with van der Waals surface area (Å²) in [4.78, 5) is 7.09. The SMILES string of the molecule is CC(NCCc1cnc[nH]1)c1ccccc1. The van der Waals surface area contributed by atoms with Gasteiger partial charge in [0, 0.05) is 30.9 Å². The molecule has 3 heteroatoms. The molecule has 0 amide bonds. The zero-order valence-corrected chi connectivity index (χ0v) is 9.48. The molecule has 0 bridgehead atoms. The Bertz CT molecular complexity index is 394. The van der Waals surface area contributed by atoms with Crippen LogP contribution in [0.3, 0.4) is 0 Å². The Morgan fingerprint density at radius 2 is 2.12 bits per heavy atom. The Hall–Kier alpha value is -1.61. The van der Waals surface area contributed by atoms with Crippen molar-refractivity contribution < 1.29 is 0 Å². The maximum Gasteiger partial charge on any atom is 0.0921 e. The molecule has 3 nitrogen and oxygen atoms in total. The highest BCUT2D eigenvalue weighted by Gasteiger charge is 2.03. The van der Waals surface area contributed by atoms with Gasteiger partial charge in [-0.1, -0.05) is 30.3 Å². The van der Waals surface area contributed by atoms with E-state index in [0.717, 1.165) is 13.0 Å². The van der Waals surface area contributed by atoms with Gasteiger partial charge in [0.1, 0.15) is 0 Å². The molecule has 2 N–H and O–H groups in total. The summed E-state index contributed by atoms with van der Waals surface area (Å²) in [6.07, 6.45) is 4.57. The topological polar surface area (TPSA) is 40.7 Å². The van der Waals surface area contributed by atoms with Crippen LogP contribution in [0.5, 0.6) is 0 Å². The second-order valence-corrected chi connectivity index (χ2v) is 3.91. The number of aromatic nitrogens is 2. The summed E-state index contributed by atoms with van der Waals surface area (Å²) < 4.78 is 0. The van der Waals surface area contributed by atoms with E-state index in [9.17, 15) is 0 Å². The van der Waals surface area contributed by atoms with Crippen LogP contribution < -0.4 is 5.32 Å². The van der Waals surface area contributed by atoms with Crippen LogP contribution in [0.1, 0.15) is 24.2 Å². The highest BCUT2D eigenvalue weighted by molar-refractivity contribution is 5.18. The van der Waals surface area contributed by atoms with Crippen LogP contribution in [0.15, 0.2) is 42.9 Å². The Balaban J connectivity index is 1.78. The van der Waals surface area contributed by atoms with Crippen molar-refractivity contribution >= 4 is 0 Å². The molecule has 1 heterocycles. The van der Waals surface area contributed by atoms with Crippen molar-refractivity contribution in [1.82, 2.24) is 15.3 Å². The van der Waals surface area contributed by atoms with Crippen LogP contribution >= 0.6 is 0 Å². The number of H-pyrrole nitrogens is 1. The zero-order chi connectivity index (χ0) is 11.2. The van der Waals surface area contributed by atoms with Crippen molar-refractivity contribution in [3.05, 3.63) is 54.1 Å². The summed E-state index contributed by atoms with van der Waals surface area (Å²) in [6, 6.07) is 10.9. The lowest BCUT2D eigenvalue weighted by Crippen LogP contribution is -2.21. The number of imidazole rings is 1. The van der Waals surface area contributed by atoms with Crippen LogP contribution in [0, 0.1) is 0 Å². The van der Waals surface area contributed by atoms with Crippen molar-refractivity contribution in [3.8, 4) is 0 Å². The molecule has 0 fully saturated rings. The first kappa shape index (κ1) is 10.9. The normalized spacial score (nSPS) is 12.6. The van der Waals surface area contributed by atoms with Crippen LogP contribution in [0.4, 0.5) is 0 Å². The van der Waals surface area contributed by atoms with E-state index in [4.69, 9.17) is 0 Å². The van der Waals surface area contributed by atoms with Gasteiger partial charge in [0.15, 0.2) is 0 Å². The number of benzene rings is 1. The van der Waals surface area contributed by atoms with Crippen molar-refractivity contribution in [2.24, 2.45) is 0 Å². The molecule has 1 aromatic carbocycles. The number of hydrogen-bond donors (Lipinski definition) is 2. The first-order valence-electron chi connectivity index (χ1n) is 5.62. The van der Waals surface area contributed by atoms with Gasteiger partial charge in [0.05, 0.1) is 6.33 Å².